The molecule has 2 rings (SSSR count). The molecule has 0 aromatic carbocycles. The Morgan fingerprint density at radius 2 is 2.14 bits per heavy atom. The molecule has 0 amide bonds. The Labute approximate surface area is 132 Å². The van der Waals surface area contributed by atoms with Gasteiger partial charge in [-0.05, 0) is 40.0 Å². The van der Waals surface area contributed by atoms with Crippen LogP contribution in [0.4, 0.5) is 5.82 Å². The molecule has 2 heterocycles. The van der Waals surface area contributed by atoms with Gasteiger partial charge in [0.15, 0.2) is 0 Å². The van der Waals surface area contributed by atoms with Crippen molar-refractivity contribution in [3.8, 4) is 0 Å². The molecule has 0 aliphatic rings. The van der Waals surface area contributed by atoms with E-state index in [1.54, 1.807) is 6.20 Å². The van der Waals surface area contributed by atoms with Gasteiger partial charge in [-0.2, -0.15) is 0 Å². The molecule has 0 radical (unpaired) electrons. The Bertz CT molecular complexity index is 750. The highest BCUT2D eigenvalue weighted by Gasteiger charge is 2.19. The third-order valence-corrected chi connectivity index (χ3v) is 4.80. The predicted octanol–water partition coefficient (Wildman–Crippen LogP) is 1.86. The van der Waals surface area contributed by atoms with Gasteiger partial charge in [0.2, 0.25) is 10.0 Å². The van der Waals surface area contributed by atoms with Crippen LogP contribution < -0.4 is 10.5 Å². The molecular formula is C13H15BrN4O2S. The molecule has 2 aromatic rings. The summed E-state index contributed by atoms with van der Waals surface area (Å²) in [5.74, 6) is -0.0394. The summed E-state index contributed by atoms with van der Waals surface area (Å²) >= 11 is 3.18. The molecule has 8 heteroatoms. The number of aromatic nitrogens is 2. The molecule has 3 N–H and O–H groups in total. The fraction of sp³-hybridized carbons (Fsp3) is 0.231. The number of halogens is 1. The van der Waals surface area contributed by atoms with Crippen molar-refractivity contribution in [1.29, 1.82) is 0 Å². The van der Waals surface area contributed by atoms with E-state index in [0.717, 1.165) is 12.0 Å². The lowest BCUT2D eigenvalue weighted by Crippen LogP contribution is -2.25. The van der Waals surface area contributed by atoms with Crippen molar-refractivity contribution < 1.29 is 8.42 Å². The van der Waals surface area contributed by atoms with Crippen molar-refractivity contribution in [1.82, 2.24) is 14.7 Å². The van der Waals surface area contributed by atoms with E-state index in [1.165, 1.54) is 12.3 Å². The van der Waals surface area contributed by atoms with Gasteiger partial charge in [-0.25, -0.2) is 18.1 Å². The number of rotatable bonds is 5. The van der Waals surface area contributed by atoms with Crippen LogP contribution in [0.15, 0.2) is 40.0 Å². The molecule has 0 aliphatic carbocycles. The van der Waals surface area contributed by atoms with Crippen LogP contribution in [0.25, 0.3) is 0 Å². The van der Waals surface area contributed by atoms with Gasteiger partial charge in [0.1, 0.15) is 10.7 Å². The first-order valence-corrected chi connectivity index (χ1v) is 8.55. The standard InChI is InChI=1S/C13H15BrN4O2S/c1-2-9-4-3-5-16-11(9)8-18-21(19,20)12-6-10(14)7-17-13(12)15/h3-7,18H,2,8H2,1H3,(H2,15,17). The van der Waals surface area contributed by atoms with Crippen molar-refractivity contribution in [2.75, 3.05) is 5.73 Å². The minimum Gasteiger partial charge on any atom is -0.383 e. The Balaban J connectivity index is 2.24. The van der Waals surface area contributed by atoms with Crippen molar-refractivity contribution in [3.63, 3.8) is 0 Å². The number of pyridine rings is 2. The normalized spacial score (nSPS) is 11.5. The summed E-state index contributed by atoms with van der Waals surface area (Å²) in [7, 11) is -3.74. The summed E-state index contributed by atoms with van der Waals surface area (Å²) in [5.41, 5.74) is 7.33. The maximum Gasteiger partial charge on any atom is 0.244 e. The minimum atomic E-state index is -3.74. The zero-order valence-electron chi connectivity index (χ0n) is 11.4. The summed E-state index contributed by atoms with van der Waals surface area (Å²) in [4.78, 5) is 7.98. The summed E-state index contributed by atoms with van der Waals surface area (Å²) in [6.45, 7) is 2.10. The Kier molecular flexibility index (Phi) is 4.92. The van der Waals surface area contributed by atoms with Gasteiger partial charge < -0.3 is 5.73 Å². The molecule has 0 saturated carbocycles. The largest absolute Gasteiger partial charge is 0.383 e. The van der Waals surface area contributed by atoms with E-state index in [9.17, 15) is 8.42 Å². The van der Waals surface area contributed by atoms with Crippen LogP contribution in [0.5, 0.6) is 0 Å². The second-order valence-corrected chi connectivity index (χ2v) is 6.98. The van der Waals surface area contributed by atoms with Crippen LogP contribution >= 0.6 is 15.9 Å². The van der Waals surface area contributed by atoms with Gasteiger partial charge in [-0.15, -0.1) is 0 Å². The lowest BCUT2D eigenvalue weighted by Gasteiger charge is -2.10. The monoisotopic (exact) mass is 370 g/mol. The first-order valence-electron chi connectivity index (χ1n) is 6.27. The molecule has 0 atom stereocenters. The lowest BCUT2D eigenvalue weighted by atomic mass is 10.1. The van der Waals surface area contributed by atoms with Crippen LogP contribution in [0.3, 0.4) is 0 Å². The number of nitrogen functional groups attached to an aromatic ring is 1. The zero-order chi connectivity index (χ0) is 15.5. The maximum absolute atomic E-state index is 12.3. The summed E-state index contributed by atoms with van der Waals surface area (Å²) in [6.07, 6.45) is 3.87. The SMILES string of the molecule is CCc1cccnc1CNS(=O)(=O)c1cc(Br)cnc1N. The van der Waals surface area contributed by atoms with Gasteiger partial charge in [0, 0.05) is 16.9 Å². The number of nitrogens with two attached hydrogens (primary N) is 1. The molecule has 0 saturated heterocycles. The van der Waals surface area contributed by atoms with Crippen molar-refractivity contribution in [2.24, 2.45) is 0 Å². The second kappa shape index (κ2) is 6.50. The smallest absolute Gasteiger partial charge is 0.244 e. The van der Waals surface area contributed by atoms with Crippen molar-refractivity contribution in [3.05, 3.63) is 46.3 Å². The van der Waals surface area contributed by atoms with Crippen molar-refractivity contribution in [2.45, 2.75) is 24.8 Å². The second-order valence-electron chi connectivity index (χ2n) is 4.32. The Hall–Kier alpha value is -1.51. The number of hydrogen-bond donors (Lipinski definition) is 2. The molecule has 2 aromatic heterocycles. The lowest BCUT2D eigenvalue weighted by molar-refractivity contribution is 0.580. The first kappa shape index (κ1) is 15.9. The van der Waals surface area contributed by atoms with E-state index in [1.807, 2.05) is 19.1 Å². The van der Waals surface area contributed by atoms with Gasteiger partial charge in [-0.1, -0.05) is 13.0 Å². The third kappa shape index (κ3) is 3.78. The third-order valence-electron chi connectivity index (χ3n) is 2.93. The highest BCUT2D eigenvalue weighted by atomic mass is 79.9. The summed E-state index contributed by atoms with van der Waals surface area (Å²) in [6, 6.07) is 5.17. The molecule has 6 nitrogen and oxygen atoms in total. The van der Waals surface area contributed by atoms with E-state index in [4.69, 9.17) is 5.73 Å². The van der Waals surface area contributed by atoms with E-state index >= 15 is 0 Å². The quantitative estimate of drug-likeness (QED) is 0.836. The van der Waals surface area contributed by atoms with E-state index in [2.05, 4.69) is 30.6 Å². The van der Waals surface area contributed by atoms with Crippen molar-refractivity contribution >= 4 is 31.8 Å². The Morgan fingerprint density at radius 3 is 2.86 bits per heavy atom. The van der Waals surface area contributed by atoms with Crippen LogP contribution in [-0.2, 0) is 23.0 Å². The van der Waals surface area contributed by atoms with Crippen LogP contribution in [0.1, 0.15) is 18.2 Å². The average molecular weight is 371 g/mol. The number of anilines is 1. The molecule has 0 bridgehead atoms. The molecule has 0 unspecified atom stereocenters. The van der Waals surface area contributed by atoms with Crippen LogP contribution in [0, 0.1) is 0 Å². The predicted molar refractivity (Wildman–Crippen MR) is 84.0 cm³/mol. The number of aryl methyl sites for hydroxylation is 1. The fourth-order valence-electron chi connectivity index (χ4n) is 1.84. The molecule has 112 valence electrons. The van der Waals surface area contributed by atoms with Crippen LogP contribution in [0.2, 0.25) is 0 Å². The number of sulfonamides is 1. The minimum absolute atomic E-state index is 0.0394. The highest BCUT2D eigenvalue weighted by molar-refractivity contribution is 9.10. The molecule has 0 aliphatic heterocycles. The van der Waals surface area contributed by atoms with Gasteiger partial charge in [0.05, 0.1) is 12.2 Å². The number of hydrogen-bond acceptors (Lipinski definition) is 5. The highest BCUT2D eigenvalue weighted by Crippen LogP contribution is 2.20. The molecule has 0 spiro atoms. The fourth-order valence-corrected chi connectivity index (χ4v) is 3.42. The number of nitrogens with zero attached hydrogens (tertiary/aromatic N) is 2. The zero-order valence-corrected chi connectivity index (χ0v) is 13.8. The molecular weight excluding hydrogens is 356 g/mol. The molecule has 0 fully saturated rings. The van der Waals surface area contributed by atoms with Gasteiger partial charge in [-0.3, -0.25) is 4.98 Å². The Morgan fingerprint density at radius 1 is 1.38 bits per heavy atom. The van der Waals surface area contributed by atoms with E-state index in [-0.39, 0.29) is 17.3 Å². The van der Waals surface area contributed by atoms with Crippen LogP contribution in [-0.4, -0.2) is 18.4 Å². The summed E-state index contributed by atoms with van der Waals surface area (Å²) < 4.78 is 27.6. The van der Waals surface area contributed by atoms with Gasteiger partial charge >= 0.3 is 0 Å². The first-order chi connectivity index (χ1) is 9.94. The van der Waals surface area contributed by atoms with E-state index < -0.39 is 10.0 Å². The summed E-state index contributed by atoms with van der Waals surface area (Å²) in [5, 5.41) is 0. The van der Waals surface area contributed by atoms with Gasteiger partial charge in [0.25, 0.3) is 0 Å². The molecule has 21 heavy (non-hydrogen) atoms. The topological polar surface area (TPSA) is 98.0 Å². The maximum atomic E-state index is 12.3. The average Bonchev–Trinajstić information content (AvgIpc) is 2.48. The van der Waals surface area contributed by atoms with E-state index in [0.29, 0.717) is 10.2 Å². The number of nitrogens with one attached hydrogen (secondary N) is 1.